The van der Waals surface area contributed by atoms with Crippen molar-refractivity contribution in [2.24, 2.45) is 0 Å². The molecular formula is C23H15NO3. The highest BCUT2D eigenvalue weighted by molar-refractivity contribution is 6.20. The first-order valence-electron chi connectivity index (χ1n) is 8.88. The molecule has 0 aliphatic rings. The lowest BCUT2D eigenvalue weighted by Gasteiger charge is -2.07. The molecule has 0 aliphatic carbocycles. The van der Waals surface area contributed by atoms with Crippen LogP contribution in [0.4, 0.5) is 0 Å². The molecule has 0 N–H and O–H groups in total. The van der Waals surface area contributed by atoms with Crippen molar-refractivity contribution < 1.29 is 0 Å². The average molecular weight is 353 g/mol. The summed E-state index contributed by atoms with van der Waals surface area (Å²) in [6.45, 7) is 0.524. The molecule has 27 heavy (non-hydrogen) atoms. The van der Waals surface area contributed by atoms with Crippen LogP contribution in [-0.2, 0) is 13.0 Å². The SMILES string of the molecule is O=c1ccc(=O)c2c1c1c(=O)c3ccccc3c1n2CCc1ccccc1. The lowest BCUT2D eigenvalue weighted by atomic mass is 10.1. The third kappa shape index (κ3) is 2.20. The third-order valence-corrected chi connectivity index (χ3v) is 5.25. The number of hydrogen-bond acceptors (Lipinski definition) is 3. The van der Waals surface area contributed by atoms with E-state index in [1.807, 2.05) is 53.1 Å². The zero-order valence-corrected chi connectivity index (χ0v) is 14.4. The first-order chi connectivity index (χ1) is 13.2. The fourth-order valence-electron chi connectivity index (χ4n) is 4.06. The van der Waals surface area contributed by atoms with Gasteiger partial charge in [0.25, 0.3) is 0 Å². The molecule has 5 aromatic rings. The molecule has 0 saturated carbocycles. The normalized spacial score (nSPS) is 11.7. The van der Waals surface area contributed by atoms with Gasteiger partial charge in [-0.15, -0.1) is 0 Å². The summed E-state index contributed by atoms with van der Waals surface area (Å²) in [6, 6.07) is 19.9. The number of fused-ring (bicyclic) bond motifs is 5. The van der Waals surface area contributed by atoms with E-state index in [-0.39, 0.29) is 21.7 Å². The van der Waals surface area contributed by atoms with Crippen molar-refractivity contribution in [3.63, 3.8) is 0 Å². The lowest BCUT2D eigenvalue weighted by Crippen LogP contribution is -2.13. The van der Waals surface area contributed by atoms with Crippen LogP contribution in [0.25, 0.3) is 32.6 Å². The monoisotopic (exact) mass is 353 g/mol. The van der Waals surface area contributed by atoms with Gasteiger partial charge in [0, 0.05) is 17.3 Å². The molecule has 4 nitrogen and oxygen atoms in total. The Hall–Kier alpha value is -3.53. The largest absolute Gasteiger partial charge is 0.336 e. The molecular weight excluding hydrogens is 338 g/mol. The van der Waals surface area contributed by atoms with Gasteiger partial charge in [-0.05, 0) is 24.1 Å². The number of aromatic nitrogens is 1. The molecule has 0 saturated heterocycles. The van der Waals surface area contributed by atoms with E-state index in [0.29, 0.717) is 34.8 Å². The zero-order valence-electron chi connectivity index (χ0n) is 14.4. The molecule has 0 spiro atoms. The van der Waals surface area contributed by atoms with Crippen LogP contribution < -0.4 is 16.3 Å². The van der Waals surface area contributed by atoms with Crippen molar-refractivity contribution in [2.45, 2.75) is 13.0 Å². The maximum atomic E-state index is 13.0. The number of aryl methyl sites for hydroxylation is 2. The van der Waals surface area contributed by atoms with Crippen molar-refractivity contribution in [3.8, 4) is 0 Å². The highest BCUT2D eigenvalue weighted by Gasteiger charge is 2.22. The number of nitrogens with zero attached hydrogens (tertiary/aromatic N) is 1. The smallest absolute Gasteiger partial charge is 0.203 e. The zero-order chi connectivity index (χ0) is 18.5. The van der Waals surface area contributed by atoms with Gasteiger partial charge in [0.2, 0.25) is 5.43 Å². The van der Waals surface area contributed by atoms with Gasteiger partial charge in [0.05, 0.1) is 16.3 Å². The van der Waals surface area contributed by atoms with Gasteiger partial charge in [0.1, 0.15) is 5.52 Å². The van der Waals surface area contributed by atoms with E-state index in [1.165, 1.54) is 12.1 Å². The van der Waals surface area contributed by atoms with Crippen molar-refractivity contribution >= 4 is 32.6 Å². The van der Waals surface area contributed by atoms with Gasteiger partial charge in [0.15, 0.2) is 10.9 Å². The number of hydrogen-bond donors (Lipinski definition) is 0. The topological polar surface area (TPSA) is 56.1 Å². The van der Waals surface area contributed by atoms with Crippen LogP contribution in [-0.4, -0.2) is 4.57 Å². The Kier molecular flexibility index (Phi) is 3.34. The Balaban J connectivity index is 1.90. The predicted molar refractivity (Wildman–Crippen MR) is 108 cm³/mol. The van der Waals surface area contributed by atoms with Crippen LogP contribution in [0.5, 0.6) is 0 Å². The summed E-state index contributed by atoms with van der Waals surface area (Å²) in [4.78, 5) is 38.2. The van der Waals surface area contributed by atoms with Gasteiger partial charge in [-0.3, -0.25) is 14.4 Å². The molecule has 0 atom stereocenters. The third-order valence-electron chi connectivity index (χ3n) is 5.25. The van der Waals surface area contributed by atoms with Crippen LogP contribution in [0.1, 0.15) is 5.56 Å². The molecule has 4 heteroatoms. The van der Waals surface area contributed by atoms with Gasteiger partial charge in [-0.25, -0.2) is 0 Å². The van der Waals surface area contributed by atoms with E-state index in [1.54, 1.807) is 6.07 Å². The second-order valence-corrected chi connectivity index (χ2v) is 6.77. The average Bonchev–Trinajstić information content (AvgIpc) is 3.19. The summed E-state index contributed by atoms with van der Waals surface area (Å²) in [5.41, 5.74) is 1.49. The van der Waals surface area contributed by atoms with Gasteiger partial charge >= 0.3 is 0 Å². The molecule has 0 amide bonds. The molecule has 1 heterocycles. The summed E-state index contributed by atoms with van der Waals surface area (Å²) in [5.74, 6) is 0. The minimum absolute atomic E-state index is 0.174. The first kappa shape index (κ1) is 15.7. The summed E-state index contributed by atoms with van der Waals surface area (Å²) in [5, 5.41) is 2.02. The van der Waals surface area contributed by atoms with E-state index in [2.05, 4.69) is 0 Å². The Morgan fingerprint density at radius 1 is 0.630 bits per heavy atom. The molecule has 0 fully saturated rings. The molecule has 130 valence electrons. The molecule has 0 radical (unpaired) electrons. The van der Waals surface area contributed by atoms with Crippen LogP contribution >= 0.6 is 0 Å². The van der Waals surface area contributed by atoms with Crippen LogP contribution in [0.3, 0.4) is 0 Å². The molecule has 0 aliphatic heterocycles. The maximum Gasteiger partial charge on any atom is 0.203 e. The van der Waals surface area contributed by atoms with E-state index >= 15 is 0 Å². The van der Waals surface area contributed by atoms with Gasteiger partial charge in [-0.1, -0.05) is 54.6 Å². The van der Waals surface area contributed by atoms with Crippen LogP contribution in [0, 0.1) is 0 Å². The Morgan fingerprint density at radius 2 is 1.30 bits per heavy atom. The van der Waals surface area contributed by atoms with Gasteiger partial charge < -0.3 is 4.57 Å². The standard InChI is InChI=1S/C23H15NO3/c25-17-10-11-18(26)22-19(17)20-21(15-8-4-5-9-16(15)23(20)27)24(22)13-12-14-6-2-1-3-7-14/h1-11H,12-13H2. The Bertz CT molecular complexity index is 1470. The molecule has 0 bridgehead atoms. The highest BCUT2D eigenvalue weighted by Crippen LogP contribution is 2.30. The number of rotatable bonds is 3. The quantitative estimate of drug-likeness (QED) is 0.501. The molecule has 1 aromatic heterocycles. The fourth-order valence-corrected chi connectivity index (χ4v) is 4.06. The summed E-state index contributed by atoms with van der Waals surface area (Å²) < 4.78 is 1.87. The van der Waals surface area contributed by atoms with Crippen molar-refractivity contribution in [2.75, 3.05) is 0 Å². The summed E-state index contributed by atoms with van der Waals surface area (Å²) >= 11 is 0. The van der Waals surface area contributed by atoms with E-state index < -0.39 is 0 Å². The predicted octanol–water partition coefficient (Wildman–Crippen LogP) is 3.15. The van der Waals surface area contributed by atoms with E-state index in [4.69, 9.17) is 0 Å². The summed E-state index contributed by atoms with van der Waals surface area (Å²) in [6.07, 6.45) is 0.704. The van der Waals surface area contributed by atoms with E-state index in [9.17, 15) is 14.4 Å². The minimum Gasteiger partial charge on any atom is -0.336 e. The number of benzene rings is 3. The fraction of sp³-hybridized carbons (Fsp3) is 0.0870. The second-order valence-electron chi connectivity index (χ2n) is 6.77. The first-order valence-corrected chi connectivity index (χ1v) is 8.88. The van der Waals surface area contributed by atoms with Crippen molar-refractivity contribution in [1.82, 2.24) is 4.57 Å². The maximum absolute atomic E-state index is 13.0. The van der Waals surface area contributed by atoms with Crippen LogP contribution in [0.2, 0.25) is 0 Å². The molecule has 5 rings (SSSR count). The van der Waals surface area contributed by atoms with E-state index in [0.717, 1.165) is 10.9 Å². The highest BCUT2D eigenvalue weighted by atomic mass is 16.1. The van der Waals surface area contributed by atoms with Gasteiger partial charge in [-0.2, -0.15) is 0 Å². The second kappa shape index (κ2) is 5.74. The van der Waals surface area contributed by atoms with Crippen molar-refractivity contribution in [1.29, 1.82) is 0 Å². The van der Waals surface area contributed by atoms with Crippen molar-refractivity contribution in [3.05, 3.63) is 103 Å². The molecule has 0 unspecified atom stereocenters. The van der Waals surface area contributed by atoms with Crippen LogP contribution in [0.15, 0.2) is 81.1 Å². The molecule has 4 aromatic carbocycles. The summed E-state index contributed by atoms with van der Waals surface area (Å²) in [7, 11) is 0. The Labute approximate surface area is 153 Å². The minimum atomic E-state index is -0.277. The Morgan fingerprint density at radius 3 is 2.07 bits per heavy atom. The lowest BCUT2D eigenvalue weighted by molar-refractivity contribution is 0.745.